The van der Waals surface area contributed by atoms with Crippen LogP contribution in [0, 0.1) is 5.82 Å². The molecule has 3 rings (SSSR count). The molecule has 0 radical (unpaired) electrons. The van der Waals surface area contributed by atoms with Crippen LogP contribution >= 0.6 is 15.9 Å². The second kappa shape index (κ2) is 6.98. The van der Waals surface area contributed by atoms with Gasteiger partial charge in [-0.05, 0) is 34.9 Å². The van der Waals surface area contributed by atoms with Gasteiger partial charge in [0.1, 0.15) is 11.4 Å². The van der Waals surface area contributed by atoms with Crippen LogP contribution in [-0.2, 0) is 16.0 Å². The monoisotopic (exact) mass is 402 g/mol. The van der Waals surface area contributed by atoms with Gasteiger partial charge < -0.3 is 0 Å². The summed E-state index contributed by atoms with van der Waals surface area (Å²) in [5.74, 6) is -1.78. The number of halogens is 2. The molecule has 0 saturated carbocycles. The molecule has 0 atom stereocenters. The molecule has 0 spiro atoms. The van der Waals surface area contributed by atoms with Gasteiger partial charge in [0.15, 0.2) is 0 Å². The summed E-state index contributed by atoms with van der Waals surface area (Å²) in [5, 5.41) is 4.03. The predicted molar refractivity (Wildman–Crippen MR) is 93.0 cm³/mol. The average Bonchev–Trinajstić information content (AvgIpc) is 2.55. The molecule has 2 aromatic carbocycles. The van der Waals surface area contributed by atoms with Crippen LogP contribution < -0.4 is 10.6 Å². The van der Waals surface area contributed by atoms with Crippen LogP contribution in [0.1, 0.15) is 16.7 Å². The zero-order chi connectivity index (χ0) is 18.0. The maximum atomic E-state index is 13.8. The Morgan fingerprint density at radius 1 is 0.960 bits per heavy atom. The van der Waals surface area contributed by atoms with Crippen molar-refractivity contribution in [2.75, 3.05) is 0 Å². The van der Waals surface area contributed by atoms with Gasteiger partial charge in [-0.3, -0.25) is 20.2 Å². The molecule has 0 aliphatic carbocycles. The van der Waals surface area contributed by atoms with Crippen molar-refractivity contribution >= 4 is 39.9 Å². The Hall–Kier alpha value is -2.80. The molecule has 126 valence electrons. The van der Waals surface area contributed by atoms with Crippen LogP contribution in [-0.4, -0.2) is 17.8 Å². The second-order valence-corrected chi connectivity index (χ2v) is 6.27. The molecule has 0 aromatic heterocycles. The Morgan fingerprint density at radius 2 is 1.64 bits per heavy atom. The normalized spacial score (nSPS) is 14.2. The first-order valence-electron chi connectivity index (χ1n) is 7.34. The van der Waals surface area contributed by atoms with Gasteiger partial charge in [-0.15, -0.1) is 0 Å². The third-order valence-corrected chi connectivity index (χ3v) is 4.41. The van der Waals surface area contributed by atoms with Crippen molar-refractivity contribution in [2.45, 2.75) is 6.42 Å². The maximum Gasteiger partial charge on any atom is 0.328 e. The molecule has 1 fully saturated rings. The Bertz CT molecular complexity index is 902. The standard InChI is InChI=1S/C18H12BrFN2O3/c19-14-8-10(7-13-16(23)21-18(25)22-17(13)24)5-6-11(14)9-12-3-1-2-4-15(12)20/h1-8H,9H2,(H2,21,22,23,24,25). The summed E-state index contributed by atoms with van der Waals surface area (Å²) in [6.45, 7) is 0. The van der Waals surface area contributed by atoms with E-state index in [1.165, 1.54) is 12.1 Å². The van der Waals surface area contributed by atoms with Gasteiger partial charge in [0.2, 0.25) is 0 Å². The third kappa shape index (κ3) is 3.83. The van der Waals surface area contributed by atoms with Crippen molar-refractivity contribution < 1.29 is 18.8 Å². The molecule has 4 amide bonds. The van der Waals surface area contributed by atoms with E-state index >= 15 is 0 Å². The number of rotatable bonds is 3. The lowest BCUT2D eigenvalue weighted by Crippen LogP contribution is -2.51. The lowest BCUT2D eigenvalue weighted by Gasteiger charge is -2.14. The number of hydrogen-bond acceptors (Lipinski definition) is 3. The third-order valence-electron chi connectivity index (χ3n) is 3.67. The Labute approximate surface area is 151 Å². The average molecular weight is 403 g/mol. The largest absolute Gasteiger partial charge is 0.328 e. The zero-order valence-corrected chi connectivity index (χ0v) is 14.4. The first-order chi connectivity index (χ1) is 11.9. The van der Waals surface area contributed by atoms with Crippen molar-refractivity contribution in [2.24, 2.45) is 0 Å². The van der Waals surface area contributed by atoms with Crippen molar-refractivity contribution in [1.29, 1.82) is 0 Å². The quantitative estimate of drug-likeness (QED) is 0.612. The van der Waals surface area contributed by atoms with Crippen molar-refractivity contribution in [3.8, 4) is 0 Å². The molecule has 2 N–H and O–H groups in total. The Balaban J connectivity index is 1.86. The van der Waals surface area contributed by atoms with Crippen LogP contribution in [0.2, 0.25) is 0 Å². The van der Waals surface area contributed by atoms with E-state index in [4.69, 9.17) is 0 Å². The number of carbonyl (C=O) groups excluding carboxylic acids is 3. The first kappa shape index (κ1) is 17.0. The molecule has 7 heteroatoms. The summed E-state index contributed by atoms with van der Waals surface area (Å²) in [6.07, 6.45) is 1.79. The van der Waals surface area contributed by atoms with Gasteiger partial charge in [0.25, 0.3) is 11.8 Å². The molecule has 1 aliphatic rings. The molecule has 1 saturated heterocycles. The van der Waals surface area contributed by atoms with Gasteiger partial charge in [0.05, 0.1) is 0 Å². The van der Waals surface area contributed by atoms with Crippen LogP contribution in [0.5, 0.6) is 0 Å². The van der Waals surface area contributed by atoms with Crippen molar-refractivity contribution in [3.05, 3.63) is 75.0 Å². The van der Waals surface area contributed by atoms with Crippen LogP contribution in [0.25, 0.3) is 6.08 Å². The Kier molecular flexibility index (Phi) is 4.76. The number of carbonyl (C=O) groups is 3. The first-order valence-corrected chi connectivity index (χ1v) is 8.13. The van der Waals surface area contributed by atoms with E-state index in [0.29, 0.717) is 17.5 Å². The summed E-state index contributed by atoms with van der Waals surface area (Å²) >= 11 is 3.43. The van der Waals surface area contributed by atoms with Crippen molar-refractivity contribution in [1.82, 2.24) is 10.6 Å². The molecule has 5 nitrogen and oxygen atoms in total. The second-order valence-electron chi connectivity index (χ2n) is 5.41. The summed E-state index contributed by atoms with van der Waals surface area (Å²) in [6, 6.07) is 10.9. The topological polar surface area (TPSA) is 75.3 Å². The fourth-order valence-electron chi connectivity index (χ4n) is 2.42. The number of benzene rings is 2. The Morgan fingerprint density at radius 3 is 2.28 bits per heavy atom. The SMILES string of the molecule is O=C1NC(=O)C(=Cc2ccc(Cc3ccccc3F)c(Br)c2)C(=O)N1. The zero-order valence-electron chi connectivity index (χ0n) is 12.8. The number of amides is 4. The molecule has 2 aromatic rings. The summed E-state index contributed by atoms with van der Waals surface area (Å²) in [7, 11) is 0. The van der Waals surface area contributed by atoms with Crippen LogP contribution in [0.4, 0.5) is 9.18 Å². The highest BCUT2D eigenvalue weighted by Crippen LogP contribution is 2.24. The highest BCUT2D eigenvalue weighted by Gasteiger charge is 2.27. The molecule has 25 heavy (non-hydrogen) atoms. The molecule has 0 bridgehead atoms. The van der Waals surface area contributed by atoms with E-state index < -0.39 is 17.8 Å². The van der Waals surface area contributed by atoms with Gasteiger partial charge in [0, 0.05) is 10.9 Å². The number of hydrogen-bond donors (Lipinski definition) is 2. The fourth-order valence-corrected chi connectivity index (χ4v) is 2.95. The van der Waals surface area contributed by atoms with E-state index in [2.05, 4.69) is 15.9 Å². The lowest BCUT2D eigenvalue weighted by molar-refractivity contribution is -0.123. The molecular formula is C18H12BrFN2O3. The number of nitrogens with one attached hydrogen (secondary N) is 2. The molecular weight excluding hydrogens is 391 g/mol. The number of imide groups is 2. The van der Waals surface area contributed by atoms with E-state index in [1.54, 1.807) is 36.4 Å². The van der Waals surface area contributed by atoms with Gasteiger partial charge in [-0.2, -0.15) is 0 Å². The highest BCUT2D eigenvalue weighted by atomic mass is 79.9. The van der Waals surface area contributed by atoms with Gasteiger partial charge >= 0.3 is 6.03 Å². The van der Waals surface area contributed by atoms with E-state index in [0.717, 1.165) is 10.0 Å². The summed E-state index contributed by atoms with van der Waals surface area (Å²) in [5.41, 5.74) is 1.87. The summed E-state index contributed by atoms with van der Waals surface area (Å²) < 4.78 is 14.5. The van der Waals surface area contributed by atoms with E-state index in [-0.39, 0.29) is 11.4 Å². The molecule has 1 aliphatic heterocycles. The van der Waals surface area contributed by atoms with Gasteiger partial charge in [-0.25, -0.2) is 9.18 Å². The number of barbiturate groups is 1. The molecule has 1 heterocycles. The predicted octanol–water partition coefficient (Wildman–Crippen LogP) is 2.93. The van der Waals surface area contributed by atoms with Gasteiger partial charge in [-0.1, -0.05) is 46.3 Å². The van der Waals surface area contributed by atoms with Crippen molar-refractivity contribution in [3.63, 3.8) is 0 Å². The smallest absolute Gasteiger partial charge is 0.273 e. The van der Waals surface area contributed by atoms with E-state index in [9.17, 15) is 18.8 Å². The lowest BCUT2D eigenvalue weighted by atomic mass is 10.0. The van der Waals surface area contributed by atoms with Crippen LogP contribution in [0.3, 0.4) is 0 Å². The minimum absolute atomic E-state index is 0.159. The van der Waals surface area contributed by atoms with Crippen LogP contribution in [0.15, 0.2) is 52.5 Å². The summed E-state index contributed by atoms with van der Waals surface area (Å²) in [4.78, 5) is 34.5. The minimum Gasteiger partial charge on any atom is -0.273 e. The van der Waals surface area contributed by atoms with E-state index in [1.807, 2.05) is 10.6 Å². The highest BCUT2D eigenvalue weighted by molar-refractivity contribution is 9.10. The number of urea groups is 1. The molecule has 0 unspecified atom stereocenters. The maximum absolute atomic E-state index is 13.8. The minimum atomic E-state index is -0.839. The fraction of sp³-hybridized carbons (Fsp3) is 0.0556.